The van der Waals surface area contributed by atoms with Crippen LogP contribution in [-0.4, -0.2) is 4.98 Å². The lowest BCUT2D eigenvalue weighted by atomic mass is 10.0. The molecule has 0 bridgehead atoms. The summed E-state index contributed by atoms with van der Waals surface area (Å²) >= 11 is 6.24. The third-order valence-electron chi connectivity index (χ3n) is 2.88. The number of nitrogens with zero attached hydrogens (tertiary/aromatic N) is 1. The standard InChI is InChI=1S/C13H13ClFN/c1-4-9-8(3)16-13-7(2)5-6-10(15)11(13)12(9)14/h5-6H,4H2,1-3H3. The molecule has 0 spiro atoms. The average Bonchev–Trinajstić information content (AvgIpc) is 2.24. The van der Waals surface area contributed by atoms with Gasteiger partial charge in [-0.3, -0.25) is 4.98 Å². The Morgan fingerprint density at radius 3 is 2.62 bits per heavy atom. The molecule has 3 heteroatoms. The van der Waals surface area contributed by atoms with Crippen molar-refractivity contribution in [3.63, 3.8) is 0 Å². The molecule has 0 aliphatic heterocycles. The number of aromatic nitrogens is 1. The van der Waals surface area contributed by atoms with Crippen LogP contribution in [0.15, 0.2) is 12.1 Å². The normalized spacial score (nSPS) is 11.1. The zero-order valence-corrected chi connectivity index (χ0v) is 10.3. The van der Waals surface area contributed by atoms with E-state index in [0.29, 0.717) is 15.9 Å². The minimum absolute atomic E-state index is 0.298. The second kappa shape index (κ2) is 4.02. The smallest absolute Gasteiger partial charge is 0.134 e. The number of hydrogen-bond donors (Lipinski definition) is 0. The predicted octanol–water partition coefficient (Wildman–Crippen LogP) is 4.21. The molecule has 1 aromatic carbocycles. The van der Waals surface area contributed by atoms with Crippen LogP contribution in [0.25, 0.3) is 10.9 Å². The van der Waals surface area contributed by atoms with E-state index in [9.17, 15) is 4.39 Å². The maximum absolute atomic E-state index is 13.8. The zero-order chi connectivity index (χ0) is 11.9. The summed E-state index contributed by atoms with van der Waals surface area (Å²) in [6, 6.07) is 3.17. The Morgan fingerprint density at radius 1 is 1.31 bits per heavy atom. The number of rotatable bonds is 1. The second-order valence-corrected chi connectivity index (χ2v) is 4.31. The highest BCUT2D eigenvalue weighted by molar-refractivity contribution is 6.36. The summed E-state index contributed by atoms with van der Waals surface area (Å²) < 4.78 is 13.8. The molecule has 0 saturated heterocycles. The van der Waals surface area contributed by atoms with Gasteiger partial charge in [0, 0.05) is 5.69 Å². The first kappa shape index (κ1) is 11.3. The van der Waals surface area contributed by atoms with E-state index in [-0.39, 0.29) is 5.82 Å². The van der Waals surface area contributed by atoms with Crippen LogP contribution in [-0.2, 0) is 6.42 Å². The molecule has 2 rings (SSSR count). The maximum Gasteiger partial charge on any atom is 0.134 e. The van der Waals surface area contributed by atoms with Crippen molar-refractivity contribution in [1.29, 1.82) is 0 Å². The highest BCUT2D eigenvalue weighted by Crippen LogP contribution is 2.31. The summed E-state index contributed by atoms with van der Waals surface area (Å²) in [6.07, 6.45) is 0.765. The number of benzene rings is 1. The quantitative estimate of drug-likeness (QED) is 0.724. The lowest BCUT2D eigenvalue weighted by molar-refractivity contribution is 0.639. The Morgan fingerprint density at radius 2 is 2.00 bits per heavy atom. The van der Waals surface area contributed by atoms with Crippen molar-refractivity contribution in [1.82, 2.24) is 4.98 Å². The van der Waals surface area contributed by atoms with Gasteiger partial charge in [-0.2, -0.15) is 0 Å². The molecular formula is C13H13ClFN. The largest absolute Gasteiger partial charge is 0.252 e. The molecule has 0 aliphatic rings. The summed E-state index contributed by atoms with van der Waals surface area (Å²) in [5.74, 6) is -0.298. The Hall–Kier alpha value is -1.15. The first-order chi connectivity index (χ1) is 7.56. The molecule has 1 aromatic heterocycles. The summed E-state index contributed by atoms with van der Waals surface area (Å²) in [5, 5.41) is 0.954. The van der Waals surface area contributed by atoms with Gasteiger partial charge in [0.1, 0.15) is 5.82 Å². The molecule has 0 fully saturated rings. The lowest BCUT2D eigenvalue weighted by Gasteiger charge is -2.11. The molecule has 0 saturated carbocycles. The van der Waals surface area contributed by atoms with E-state index in [1.807, 2.05) is 20.8 Å². The number of hydrogen-bond acceptors (Lipinski definition) is 1. The third kappa shape index (κ3) is 1.57. The SMILES string of the molecule is CCc1c(C)nc2c(C)ccc(F)c2c1Cl. The summed E-state index contributed by atoms with van der Waals surface area (Å²) in [6.45, 7) is 5.82. The van der Waals surface area contributed by atoms with E-state index in [2.05, 4.69) is 4.98 Å². The Balaban J connectivity index is 2.98. The molecule has 16 heavy (non-hydrogen) atoms. The lowest BCUT2D eigenvalue weighted by Crippen LogP contribution is -1.97. The van der Waals surface area contributed by atoms with Gasteiger partial charge in [0.25, 0.3) is 0 Å². The monoisotopic (exact) mass is 237 g/mol. The van der Waals surface area contributed by atoms with Gasteiger partial charge in [0.2, 0.25) is 0 Å². The van der Waals surface area contributed by atoms with Gasteiger partial charge in [0.05, 0.1) is 15.9 Å². The minimum atomic E-state index is -0.298. The second-order valence-electron chi connectivity index (χ2n) is 3.93. The van der Waals surface area contributed by atoms with Crippen LogP contribution in [0.1, 0.15) is 23.7 Å². The minimum Gasteiger partial charge on any atom is -0.252 e. The van der Waals surface area contributed by atoms with Crippen LogP contribution in [0.5, 0.6) is 0 Å². The predicted molar refractivity (Wildman–Crippen MR) is 65.6 cm³/mol. The average molecular weight is 238 g/mol. The van der Waals surface area contributed by atoms with Gasteiger partial charge >= 0.3 is 0 Å². The molecule has 0 unspecified atom stereocenters. The van der Waals surface area contributed by atoms with Crippen molar-refractivity contribution < 1.29 is 4.39 Å². The first-order valence-corrected chi connectivity index (χ1v) is 5.67. The molecule has 1 heterocycles. The number of aryl methyl sites for hydroxylation is 2. The van der Waals surface area contributed by atoms with Crippen molar-refractivity contribution in [3.8, 4) is 0 Å². The molecule has 0 atom stereocenters. The maximum atomic E-state index is 13.8. The molecule has 1 nitrogen and oxygen atoms in total. The van der Waals surface area contributed by atoms with Crippen LogP contribution in [0.4, 0.5) is 4.39 Å². The van der Waals surface area contributed by atoms with Crippen LogP contribution < -0.4 is 0 Å². The summed E-state index contributed by atoms with van der Waals surface area (Å²) in [7, 11) is 0. The van der Waals surface area contributed by atoms with Crippen molar-refractivity contribution in [2.75, 3.05) is 0 Å². The number of pyridine rings is 1. The van der Waals surface area contributed by atoms with Crippen molar-refractivity contribution in [3.05, 3.63) is 39.8 Å². The van der Waals surface area contributed by atoms with Gasteiger partial charge in [-0.15, -0.1) is 0 Å². The van der Waals surface area contributed by atoms with Gasteiger partial charge in [-0.05, 0) is 37.5 Å². The number of fused-ring (bicyclic) bond motifs is 1. The fourth-order valence-electron chi connectivity index (χ4n) is 1.98. The molecule has 0 N–H and O–H groups in total. The van der Waals surface area contributed by atoms with Gasteiger partial charge < -0.3 is 0 Å². The summed E-state index contributed by atoms with van der Waals surface area (Å²) in [4.78, 5) is 4.44. The topological polar surface area (TPSA) is 12.9 Å². The van der Waals surface area contributed by atoms with Crippen molar-refractivity contribution >= 4 is 22.5 Å². The molecular weight excluding hydrogens is 225 g/mol. The highest BCUT2D eigenvalue weighted by Gasteiger charge is 2.14. The third-order valence-corrected chi connectivity index (χ3v) is 3.30. The highest BCUT2D eigenvalue weighted by atomic mass is 35.5. The van der Waals surface area contributed by atoms with E-state index < -0.39 is 0 Å². The van der Waals surface area contributed by atoms with Crippen molar-refractivity contribution in [2.45, 2.75) is 27.2 Å². The first-order valence-electron chi connectivity index (χ1n) is 5.30. The van der Waals surface area contributed by atoms with E-state index in [0.717, 1.165) is 23.2 Å². The van der Waals surface area contributed by atoms with Gasteiger partial charge in [-0.1, -0.05) is 24.6 Å². The van der Waals surface area contributed by atoms with Crippen LogP contribution in [0.2, 0.25) is 5.02 Å². The molecule has 0 amide bonds. The van der Waals surface area contributed by atoms with E-state index in [1.54, 1.807) is 6.07 Å². The van der Waals surface area contributed by atoms with Crippen LogP contribution in [0, 0.1) is 19.7 Å². The van der Waals surface area contributed by atoms with Crippen LogP contribution >= 0.6 is 11.6 Å². The van der Waals surface area contributed by atoms with E-state index in [4.69, 9.17) is 11.6 Å². The van der Waals surface area contributed by atoms with Crippen LogP contribution in [0.3, 0.4) is 0 Å². The fraction of sp³-hybridized carbons (Fsp3) is 0.308. The zero-order valence-electron chi connectivity index (χ0n) is 9.56. The van der Waals surface area contributed by atoms with Gasteiger partial charge in [-0.25, -0.2) is 4.39 Å². The van der Waals surface area contributed by atoms with E-state index >= 15 is 0 Å². The summed E-state index contributed by atoms with van der Waals surface area (Å²) in [5.41, 5.74) is 3.43. The Kier molecular flexibility index (Phi) is 2.85. The fourth-order valence-corrected chi connectivity index (χ4v) is 2.43. The molecule has 84 valence electrons. The Bertz CT molecular complexity index is 564. The number of halogens is 2. The molecule has 0 radical (unpaired) electrons. The molecule has 2 aromatic rings. The molecule has 0 aliphatic carbocycles. The van der Waals surface area contributed by atoms with Crippen molar-refractivity contribution in [2.24, 2.45) is 0 Å². The Labute approximate surface area is 99.3 Å². The van der Waals surface area contributed by atoms with Gasteiger partial charge in [0.15, 0.2) is 0 Å². The van der Waals surface area contributed by atoms with E-state index in [1.165, 1.54) is 6.07 Å².